The largest absolute Gasteiger partial charge is 0.494 e. The van der Waals surface area contributed by atoms with Gasteiger partial charge in [-0.3, -0.25) is 4.79 Å². The Morgan fingerprint density at radius 3 is 2.81 bits per heavy atom. The summed E-state index contributed by atoms with van der Waals surface area (Å²) in [5.74, 6) is 2.14. The minimum Gasteiger partial charge on any atom is -0.494 e. The van der Waals surface area contributed by atoms with Crippen LogP contribution in [0.4, 0.5) is 23.1 Å². The molecular weight excluding hydrogens is 406 g/mol. The molecule has 1 amide bonds. The van der Waals surface area contributed by atoms with Gasteiger partial charge in [0.05, 0.1) is 31.0 Å². The lowest BCUT2D eigenvalue weighted by Crippen LogP contribution is -2.52. The monoisotopic (exact) mass is 433 g/mol. The van der Waals surface area contributed by atoms with Crippen molar-refractivity contribution >= 4 is 29.0 Å². The van der Waals surface area contributed by atoms with Gasteiger partial charge in [-0.2, -0.15) is 4.98 Å². The first kappa shape index (κ1) is 20.3. The number of benzene rings is 1. The van der Waals surface area contributed by atoms with Crippen molar-refractivity contribution in [3.8, 4) is 11.4 Å². The Balaban J connectivity index is 1.46. The minimum absolute atomic E-state index is 0.124. The van der Waals surface area contributed by atoms with Gasteiger partial charge in [0.25, 0.3) is 0 Å². The fourth-order valence-electron chi connectivity index (χ4n) is 4.49. The Morgan fingerprint density at radius 1 is 1.16 bits per heavy atom. The summed E-state index contributed by atoms with van der Waals surface area (Å²) in [6.45, 7) is 2.78. The third-order valence-corrected chi connectivity index (χ3v) is 6.18. The maximum absolute atomic E-state index is 12.9. The van der Waals surface area contributed by atoms with E-state index in [1.807, 2.05) is 35.9 Å². The summed E-state index contributed by atoms with van der Waals surface area (Å²) in [5.41, 5.74) is 3.40. The standard InChI is InChI=1S/C23H27N7O2/c1-15-13-29(14-25-15)17-9-8-16(11-20(17)32-3)26-23-24-12-19-21(27-23)30-10-6-4-5-7-18(30)22(31)28(19)2/h8-9,11-14,18H,4-7,10H2,1-3H3,(H,24,26,27). The van der Waals surface area contributed by atoms with Crippen LogP contribution in [0.1, 0.15) is 31.4 Å². The third kappa shape index (κ3) is 3.53. The molecule has 0 saturated carbocycles. The van der Waals surface area contributed by atoms with Gasteiger partial charge in [-0.25, -0.2) is 9.97 Å². The summed E-state index contributed by atoms with van der Waals surface area (Å²) in [5, 5.41) is 3.29. The molecule has 0 bridgehead atoms. The number of anilines is 4. The molecule has 9 nitrogen and oxygen atoms in total. The predicted molar refractivity (Wildman–Crippen MR) is 123 cm³/mol. The molecule has 1 fully saturated rings. The normalized spacial score (nSPS) is 18.1. The SMILES string of the molecule is COc1cc(Nc2ncc3c(n2)N2CCCCCC2C(=O)N3C)ccc1-n1cnc(C)c1. The zero-order valence-corrected chi connectivity index (χ0v) is 18.6. The Morgan fingerprint density at radius 2 is 2.03 bits per heavy atom. The molecule has 166 valence electrons. The number of carbonyl (C=O) groups is 1. The fraction of sp³-hybridized carbons (Fsp3) is 0.391. The summed E-state index contributed by atoms with van der Waals surface area (Å²) >= 11 is 0. The van der Waals surface area contributed by atoms with E-state index >= 15 is 0 Å². The molecular formula is C23H27N7O2. The number of nitrogens with one attached hydrogen (secondary N) is 1. The van der Waals surface area contributed by atoms with Crippen molar-refractivity contribution in [3.63, 3.8) is 0 Å². The zero-order valence-electron chi connectivity index (χ0n) is 18.6. The van der Waals surface area contributed by atoms with E-state index in [2.05, 4.69) is 20.2 Å². The second-order valence-corrected chi connectivity index (χ2v) is 8.29. The molecule has 0 radical (unpaired) electrons. The number of hydrogen-bond acceptors (Lipinski definition) is 7. The molecule has 1 atom stereocenters. The molecule has 1 N–H and O–H groups in total. The van der Waals surface area contributed by atoms with E-state index in [1.54, 1.807) is 31.6 Å². The first-order valence-electron chi connectivity index (χ1n) is 10.9. The lowest BCUT2D eigenvalue weighted by atomic mass is 10.1. The minimum atomic E-state index is -0.143. The summed E-state index contributed by atoms with van der Waals surface area (Å²) < 4.78 is 7.54. The highest BCUT2D eigenvalue weighted by Crippen LogP contribution is 2.37. The molecule has 1 unspecified atom stereocenters. The smallest absolute Gasteiger partial charge is 0.249 e. The Labute approximate surface area is 187 Å². The number of aryl methyl sites for hydroxylation is 1. The van der Waals surface area contributed by atoms with Crippen LogP contribution in [0.5, 0.6) is 5.75 Å². The molecule has 1 aromatic carbocycles. The van der Waals surface area contributed by atoms with Crippen LogP contribution in [0.3, 0.4) is 0 Å². The molecule has 2 aliphatic rings. The van der Waals surface area contributed by atoms with Crippen LogP contribution in [-0.2, 0) is 4.79 Å². The number of rotatable bonds is 4. The number of imidazole rings is 1. The summed E-state index contributed by atoms with van der Waals surface area (Å²) in [6, 6.07) is 5.70. The number of fused-ring (bicyclic) bond motifs is 3. The summed E-state index contributed by atoms with van der Waals surface area (Å²) in [4.78, 5) is 30.3. The van der Waals surface area contributed by atoms with E-state index < -0.39 is 0 Å². The lowest BCUT2D eigenvalue weighted by molar-refractivity contribution is -0.120. The van der Waals surface area contributed by atoms with Gasteiger partial charge >= 0.3 is 0 Å². The lowest BCUT2D eigenvalue weighted by Gasteiger charge is -2.39. The van der Waals surface area contributed by atoms with Gasteiger partial charge in [0.15, 0.2) is 5.82 Å². The molecule has 5 rings (SSSR count). The molecule has 32 heavy (non-hydrogen) atoms. The third-order valence-electron chi connectivity index (χ3n) is 6.18. The highest BCUT2D eigenvalue weighted by atomic mass is 16.5. The van der Waals surface area contributed by atoms with Crippen LogP contribution < -0.4 is 19.9 Å². The van der Waals surface area contributed by atoms with E-state index in [1.165, 1.54) is 0 Å². The number of methoxy groups -OCH3 is 1. The number of ether oxygens (including phenoxy) is 1. The van der Waals surface area contributed by atoms with Crippen molar-refractivity contribution in [1.82, 2.24) is 19.5 Å². The fourth-order valence-corrected chi connectivity index (χ4v) is 4.49. The van der Waals surface area contributed by atoms with Crippen molar-refractivity contribution in [2.45, 2.75) is 38.6 Å². The molecule has 2 aliphatic heterocycles. The number of amides is 1. The van der Waals surface area contributed by atoms with Gasteiger partial charge in [0.1, 0.15) is 17.5 Å². The van der Waals surface area contributed by atoms with Crippen molar-refractivity contribution in [1.29, 1.82) is 0 Å². The maximum atomic E-state index is 12.9. The summed E-state index contributed by atoms with van der Waals surface area (Å²) in [6.07, 6.45) is 9.57. The topological polar surface area (TPSA) is 88.4 Å². The number of aromatic nitrogens is 4. The van der Waals surface area contributed by atoms with Gasteiger partial charge in [-0.15, -0.1) is 0 Å². The van der Waals surface area contributed by atoms with Crippen molar-refractivity contribution < 1.29 is 9.53 Å². The Kier molecular flexibility index (Phi) is 5.16. The number of hydrogen-bond donors (Lipinski definition) is 1. The highest BCUT2D eigenvalue weighted by molar-refractivity contribution is 6.04. The molecule has 2 aromatic heterocycles. The number of nitrogens with zero attached hydrogens (tertiary/aromatic N) is 6. The van der Waals surface area contributed by atoms with E-state index in [-0.39, 0.29) is 11.9 Å². The average Bonchev–Trinajstić information content (AvgIpc) is 3.08. The molecule has 0 spiro atoms. The van der Waals surface area contributed by atoms with Crippen molar-refractivity contribution in [2.75, 3.05) is 35.8 Å². The quantitative estimate of drug-likeness (QED) is 0.674. The van der Waals surface area contributed by atoms with Crippen LogP contribution in [0, 0.1) is 6.92 Å². The molecule has 1 saturated heterocycles. The van der Waals surface area contributed by atoms with Gasteiger partial charge in [-0.1, -0.05) is 12.8 Å². The van der Waals surface area contributed by atoms with Crippen LogP contribution >= 0.6 is 0 Å². The van der Waals surface area contributed by atoms with Crippen LogP contribution in [0.2, 0.25) is 0 Å². The first-order valence-corrected chi connectivity index (χ1v) is 10.9. The molecule has 9 heteroatoms. The molecule has 4 heterocycles. The van der Waals surface area contributed by atoms with Crippen molar-refractivity contribution in [2.24, 2.45) is 0 Å². The molecule has 3 aromatic rings. The van der Waals surface area contributed by atoms with E-state index in [9.17, 15) is 4.79 Å². The predicted octanol–water partition coefficient (Wildman–Crippen LogP) is 3.45. The Hall–Kier alpha value is -3.62. The number of likely N-dealkylation sites (N-methyl/N-ethyl adjacent to an activating group) is 1. The second kappa shape index (κ2) is 8.14. The zero-order chi connectivity index (χ0) is 22.2. The molecule has 0 aliphatic carbocycles. The van der Waals surface area contributed by atoms with Crippen LogP contribution in [-0.4, -0.2) is 52.2 Å². The highest BCUT2D eigenvalue weighted by Gasteiger charge is 2.38. The second-order valence-electron chi connectivity index (χ2n) is 8.29. The average molecular weight is 434 g/mol. The number of carbonyl (C=O) groups excluding carboxylic acids is 1. The van der Waals surface area contributed by atoms with Crippen molar-refractivity contribution in [3.05, 3.63) is 42.6 Å². The van der Waals surface area contributed by atoms with Gasteiger partial charge in [-0.05, 0) is 31.9 Å². The van der Waals surface area contributed by atoms with Crippen LogP contribution in [0.25, 0.3) is 5.69 Å². The van der Waals surface area contributed by atoms with Gasteiger partial charge < -0.3 is 24.4 Å². The Bertz CT molecular complexity index is 1160. The van der Waals surface area contributed by atoms with Gasteiger partial charge in [0, 0.05) is 31.5 Å². The van der Waals surface area contributed by atoms with Crippen LogP contribution in [0.15, 0.2) is 36.9 Å². The van der Waals surface area contributed by atoms with E-state index in [0.29, 0.717) is 11.7 Å². The maximum Gasteiger partial charge on any atom is 0.249 e. The first-order chi connectivity index (χ1) is 15.5. The van der Waals surface area contributed by atoms with E-state index in [4.69, 9.17) is 9.72 Å². The van der Waals surface area contributed by atoms with Gasteiger partial charge in [0.2, 0.25) is 11.9 Å². The summed E-state index contributed by atoms with van der Waals surface area (Å²) in [7, 11) is 3.45. The van der Waals surface area contributed by atoms with E-state index in [0.717, 1.165) is 60.8 Å².